The number of rotatable bonds is 5. The van der Waals surface area contributed by atoms with Crippen LogP contribution < -0.4 is 10.6 Å². The molecular formula is C21H20N2O. The average Bonchev–Trinajstić information content (AvgIpc) is 2.64. The number of carbonyl (C=O) groups is 1. The monoisotopic (exact) mass is 316 g/mol. The van der Waals surface area contributed by atoms with Crippen LogP contribution in [0.5, 0.6) is 0 Å². The normalized spacial score (nSPS) is 10.5. The van der Waals surface area contributed by atoms with Gasteiger partial charge in [0.05, 0.1) is 0 Å². The molecule has 0 unspecified atom stereocenters. The maximum atomic E-state index is 12.0. The first kappa shape index (κ1) is 15.8. The van der Waals surface area contributed by atoms with Gasteiger partial charge in [0.25, 0.3) is 0 Å². The van der Waals surface area contributed by atoms with Gasteiger partial charge in [0.2, 0.25) is 0 Å². The van der Waals surface area contributed by atoms with E-state index in [0.29, 0.717) is 6.54 Å². The minimum absolute atomic E-state index is 0.0557. The van der Waals surface area contributed by atoms with Gasteiger partial charge in [0.15, 0.2) is 0 Å². The molecule has 0 aromatic heterocycles. The van der Waals surface area contributed by atoms with Gasteiger partial charge in [-0.15, -0.1) is 0 Å². The van der Waals surface area contributed by atoms with Crippen LogP contribution in [0.15, 0.2) is 91.0 Å². The molecule has 3 aromatic rings. The van der Waals surface area contributed by atoms with Crippen LogP contribution in [0.4, 0.5) is 10.5 Å². The molecule has 2 amide bonds. The van der Waals surface area contributed by atoms with E-state index in [0.717, 1.165) is 16.8 Å². The Morgan fingerprint density at radius 3 is 1.58 bits per heavy atom. The Morgan fingerprint density at radius 2 is 1.17 bits per heavy atom. The molecular weight excluding hydrogens is 296 g/mol. The van der Waals surface area contributed by atoms with Gasteiger partial charge in [-0.1, -0.05) is 78.9 Å². The zero-order chi connectivity index (χ0) is 16.8. The summed E-state index contributed by atoms with van der Waals surface area (Å²) in [6.45, 7) is 0.493. The highest BCUT2D eigenvalue weighted by Gasteiger charge is 2.21. The van der Waals surface area contributed by atoms with Crippen molar-refractivity contribution in [3.05, 3.63) is 102 Å². The second-order valence-corrected chi connectivity index (χ2v) is 5.66. The third kappa shape index (κ3) is 3.63. The molecule has 3 heteroatoms. The highest BCUT2D eigenvalue weighted by atomic mass is 16.2. The number of urea groups is 1. The van der Waals surface area contributed by atoms with Crippen LogP contribution in [0.2, 0.25) is 0 Å². The SMILES string of the molecule is NC(=O)N(CC(c1ccccc1)c1ccccc1)c1ccccc1. The molecule has 120 valence electrons. The zero-order valence-corrected chi connectivity index (χ0v) is 13.4. The van der Waals surface area contributed by atoms with E-state index in [2.05, 4.69) is 24.3 Å². The molecule has 3 rings (SSSR count). The third-order valence-corrected chi connectivity index (χ3v) is 4.10. The van der Waals surface area contributed by atoms with Crippen LogP contribution in [0, 0.1) is 0 Å². The Balaban J connectivity index is 1.98. The van der Waals surface area contributed by atoms with E-state index >= 15 is 0 Å². The minimum Gasteiger partial charge on any atom is -0.351 e. The number of carbonyl (C=O) groups excluding carboxylic acids is 1. The molecule has 0 saturated carbocycles. The first-order valence-corrected chi connectivity index (χ1v) is 7.97. The van der Waals surface area contributed by atoms with Gasteiger partial charge in [0, 0.05) is 18.2 Å². The molecule has 3 aromatic carbocycles. The minimum atomic E-state index is -0.446. The number of primary amides is 1. The smallest absolute Gasteiger partial charge is 0.319 e. The van der Waals surface area contributed by atoms with E-state index in [1.807, 2.05) is 66.7 Å². The van der Waals surface area contributed by atoms with Crippen LogP contribution in [0.3, 0.4) is 0 Å². The zero-order valence-electron chi connectivity index (χ0n) is 13.4. The first-order valence-electron chi connectivity index (χ1n) is 7.97. The topological polar surface area (TPSA) is 46.3 Å². The molecule has 0 bridgehead atoms. The van der Waals surface area contributed by atoms with E-state index in [-0.39, 0.29) is 5.92 Å². The van der Waals surface area contributed by atoms with Crippen molar-refractivity contribution in [3.8, 4) is 0 Å². The number of hydrogen-bond donors (Lipinski definition) is 1. The second kappa shape index (κ2) is 7.47. The van der Waals surface area contributed by atoms with Crippen LogP contribution in [0.1, 0.15) is 17.0 Å². The van der Waals surface area contributed by atoms with Gasteiger partial charge in [-0.3, -0.25) is 4.90 Å². The lowest BCUT2D eigenvalue weighted by molar-refractivity contribution is 0.253. The van der Waals surface area contributed by atoms with Gasteiger partial charge in [-0.05, 0) is 23.3 Å². The number of anilines is 1. The average molecular weight is 316 g/mol. The summed E-state index contributed by atoms with van der Waals surface area (Å²) < 4.78 is 0. The molecule has 0 heterocycles. The van der Waals surface area contributed by atoms with Crippen molar-refractivity contribution in [1.82, 2.24) is 0 Å². The van der Waals surface area contributed by atoms with Crippen LogP contribution in [-0.2, 0) is 0 Å². The number of benzene rings is 3. The van der Waals surface area contributed by atoms with E-state index in [4.69, 9.17) is 5.73 Å². The Labute approximate surface area is 142 Å². The summed E-state index contributed by atoms with van der Waals surface area (Å²) >= 11 is 0. The van der Waals surface area contributed by atoms with Gasteiger partial charge >= 0.3 is 6.03 Å². The molecule has 0 aliphatic rings. The van der Waals surface area contributed by atoms with E-state index in [1.165, 1.54) is 0 Å². The number of para-hydroxylation sites is 1. The van der Waals surface area contributed by atoms with Crippen LogP contribution in [-0.4, -0.2) is 12.6 Å². The van der Waals surface area contributed by atoms with E-state index < -0.39 is 6.03 Å². The summed E-state index contributed by atoms with van der Waals surface area (Å²) in [6.07, 6.45) is 0. The molecule has 0 aliphatic heterocycles. The Hall–Kier alpha value is -3.07. The molecule has 24 heavy (non-hydrogen) atoms. The van der Waals surface area contributed by atoms with Gasteiger partial charge in [-0.2, -0.15) is 0 Å². The molecule has 0 fully saturated rings. The summed E-state index contributed by atoms with van der Waals surface area (Å²) in [5.74, 6) is 0.0557. The third-order valence-electron chi connectivity index (χ3n) is 4.10. The quantitative estimate of drug-likeness (QED) is 0.745. The lowest BCUT2D eigenvalue weighted by Gasteiger charge is -2.27. The van der Waals surface area contributed by atoms with Crippen molar-refractivity contribution in [2.45, 2.75) is 5.92 Å². The van der Waals surface area contributed by atoms with Gasteiger partial charge in [-0.25, -0.2) is 4.79 Å². The Kier molecular flexibility index (Phi) is 4.92. The largest absolute Gasteiger partial charge is 0.351 e. The fourth-order valence-corrected chi connectivity index (χ4v) is 2.89. The number of nitrogens with zero attached hydrogens (tertiary/aromatic N) is 1. The van der Waals surface area contributed by atoms with Crippen molar-refractivity contribution in [1.29, 1.82) is 0 Å². The fraction of sp³-hybridized carbons (Fsp3) is 0.0952. The van der Waals surface area contributed by atoms with Crippen molar-refractivity contribution < 1.29 is 4.79 Å². The molecule has 3 nitrogen and oxygen atoms in total. The van der Waals surface area contributed by atoms with Crippen LogP contribution in [0.25, 0.3) is 0 Å². The van der Waals surface area contributed by atoms with Crippen molar-refractivity contribution >= 4 is 11.7 Å². The predicted molar refractivity (Wildman–Crippen MR) is 98.1 cm³/mol. The Morgan fingerprint density at radius 1 is 0.750 bits per heavy atom. The summed E-state index contributed by atoms with van der Waals surface area (Å²) in [5.41, 5.74) is 8.78. The highest BCUT2D eigenvalue weighted by molar-refractivity contribution is 5.90. The Bertz CT molecular complexity index is 733. The summed E-state index contributed by atoms with van der Waals surface area (Å²) in [7, 11) is 0. The first-order chi connectivity index (χ1) is 11.8. The second-order valence-electron chi connectivity index (χ2n) is 5.66. The summed E-state index contributed by atoms with van der Waals surface area (Å²) in [6, 6.07) is 29.5. The number of amides is 2. The molecule has 0 saturated heterocycles. The molecule has 0 atom stereocenters. The van der Waals surface area contributed by atoms with Crippen molar-refractivity contribution in [2.24, 2.45) is 5.73 Å². The molecule has 0 aliphatic carbocycles. The lowest BCUT2D eigenvalue weighted by Crippen LogP contribution is -2.39. The standard InChI is InChI=1S/C21H20N2O/c22-21(24)23(19-14-8-3-9-15-19)16-20(17-10-4-1-5-11-17)18-12-6-2-7-13-18/h1-15,20H,16H2,(H2,22,24). The van der Waals surface area contributed by atoms with Gasteiger partial charge in [0.1, 0.15) is 0 Å². The van der Waals surface area contributed by atoms with Crippen LogP contribution >= 0.6 is 0 Å². The maximum Gasteiger partial charge on any atom is 0.319 e. The van der Waals surface area contributed by atoms with Crippen molar-refractivity contribution in [2.75, 3.05) is 11.4 Å². The van der Waals surface area contributed by atoms with E-state index in [9.17, 15) is 4.79 Å². The van der Waals surface area contributed by atoms with E-state index in [1.54, 1.807) is 4.90 Å². The number of hydrogen-bond acceptors (Lipinski definition) is 1. The van der Waals surface area contributed by atoms with Gasteiger partial charge < -0.3 is 5.73 Å². The number of nitrogens with two attached hydrogens (primary N) is 1. The fourth-order valence-electron chi connectivity index (χ4n) is 2.89. The summed E-state index contributed by atoms with van der Waals surface area (Å²) in [5, 5.41) is 0. The summed E-state index contributed by atoms with van der Waals surface area (Å²) in [4.78, 5) is 13.7. The highest BCUT2D eigenvalue weighted by Crippen LogP contribution is 2.27. The predicted octanol–water partition coefficient (Wildman–Crippen LogP) is 4.40. The molecule has 0 spiro atoms. The molecule has 2 N–H and O–H groups in total. The maximum absolute atomic E-state index is 12.0. The lowest BCUT2D eigenvalue weighted by atomic mass is 9.90. The molecule has 0 radical (unpaired) electrons. The van der Waals surface area contributed by atoms with Crippen molar-refractivity contribution in [3.63, 3.8) is 0 Å².